The number of esters is 1. The Morgan fingerprint density at radius 3 is 2.48 bits per heavy atom. The Morgan fingerprint density at radius 1 is 1.12 bits per heavy atom. The van der Waals surface area contributed by atoms with E-state index in [2.05, 4.69) is 14.6 Å². The van der Waals surface area contributed by atoms with Crippen LogP contribution in [0.25, 0.3) is 6.08 Å². The summed E-state index contributed by atoms with van der Waals surface area (Å²) in [6.07, 6.45) is 1.82. The molecule has 0 bridgehead atoms. The van der Waals surface area contributed by atoms with Crippen molar-refractivity contribution in [1.29, 1.82) is 0 Å². The predicted molar refractivity (Wildman–Crippen MR) is 129 cm³/mol. The van der Waals surface area contributed by atoms with Gasteiger partial charge >= 0.3 is 5.97 Å². The molecular formula is C24H25N3O5S. The number of hydrogen-bond donors (Lipinski definition) is 0. The summed E-state index contributed by atoms with van der Waals surface area (Å²) < 4.78 is 15.3. The lowest BCUT2D eigenvalue weighted by Crippen LogP contribution is -2.36. The number of methoxy groups -OCH3 is 1. The highest BCUT2D eigenvalue weighted by Crippen LogP contribution is 2.33. The highest BCUT2D eigenvalue weighted by molar-refractivity contribution is 8.18. The molecule has 8 nitrogen and oxygen atoms in total. The quantitative estimate of drug-likeness (QED) is 0.476. The minimum Gasteiger partial charge on any atom is -0.482 e. The van der Waals surface area contributed by atoms with Gasteiger partial charge in [0.2, 0.25) is 0 Å². The van der Waals surface area contributed by atoms with Gasteiger partial charge in [0.25, 0.3) is 5.91 Å². The first-order valence-electron chi connectivity index (χ1n) is 10.5. The molecule has 0 unspecified atom stereocenters. The molecule has 1 amide bonds. The summed E-state index contributed by atoms with van der Waals surface area (Å²) in [6, 6.07) is 15.2. The average molecular weight is 468 g/mol. The third kappa shape index (κ3) is 5.74. The van der Waals surface area contributed by atoms with Crippen molar-refractivity contribution >= 4 is 46.3 Å². The topological polar surface area (TPSA) is 80.7 Å². The Balaban J connectivity index is 1.43. The van der Waals surface area contributed by atoms with Crippen LogP contribution in [0.3, 0.4) is 0 Å². The van der Waals surface area contributed by atoms with Gasteiger partial charge in [-0.15, -0.1) is 0 Å². The summed E-state index contributed by atoms with van der Waals surface area (Å²) in [6.45, 7) is 3.10. The van der Waals surface area contributed by atoms with Crippen molar-refractivity contribution in [1.82, 2.24) is 4.90 Å². The Labute approximate surface area is 196 Å². The molecule has 0 aliphatic carbocycles. The Hall–Kier alpha value is -3.30. The summed E-state index contributed by atoms with van der Waals surface area (Å²) in [5.74, 6) is 0.00212. The average Bonchev–Trinajstić information content (AvgIpc) is 3.12. The molecule has 0 saturated carbocycles. The van der Waals surface area contributed by atoms with E-state index in [-0.39, 0.29) is 12.5 Å². The molecule has 2 aliphatic rings. The molecule has 0 aromatic heterocycles. The summed E-state index contributed by atoms with van der Waals surface area (Å²) in [4.78, 5) is 33.0. The first kappa shape index (κ1) is 22.9. The zero-order valence-electron chi connectivity index (χ0n) is 18.5. The summed E-state index contributed by atoms with van der Waals surface area (Å²) in [7, 11) is 3.03. The van der Waals surface area contributed by atoms with Crippen LogP contribution in [0.4, 0.5) is 11.4 Å². The van der Waals surface area contributed by atoms with E-state index in [1.807, 2.05) is 42.5 Å². The number of nitrogens with zero attached hydrogens (tertiary/aromatic N) is 3. The largest absolute Gasteiger partial charge is 0.482 e. The van der Waals surface area contributed by atoms with E-state index >= 15 is 0 Å². The lowest BCUT2D eigenvalue weighted by atomic mass is 10.2. The number of morpholine rings is 1. The molecule has 172 valence electrons. The van der Waals surface area contributed by atoms with Crippen molar-refractivity contribution in [3.05, 3.63) is 59.0 Å². The van der Waals surface area contributed by atoms with Gasteiger partial charge in [-0.25, -0.2) is 9.79 Å². The summed E-state index contributed by atoms with van der Waals surface area (Å²) in [5.41, 5.74) is 2.79. The predicted octanol–water partition coefficient (Wildman–Crippen LogP) is 3.31. The number of hydrogen-bond acceptors (Lipinski definition) is 8. The van der Waals surface area contributed by atoms with Gasteiger partial charge in [0.1, 0.15) is 5.75 Å². The Kier molecular flexibility index (Phi) is 7.31. The van der Waals surface area contributed by atoms with Gasteiger partial charge in [-0.05, 0) is 59.8 Å². The van der Waals surface area contributed by atoms with Gasteiger partial charge in [0.05, 0.1) is 30.9 Å². The lowest BCUT2D eigenvalue weighted by Gasteiger charge is -2.28. The maximum atomic E-state index is 12.7. The maximum absolute atomic E-state index is 12.7. The van der Waals surface area contributed by atoms with Crippen LogP contribution in [0, 0.1) is 0 Å². The van der Waals surface area contributed by atoms with Gasteiger partial charge in [-0.2, -0.15) is 0 Å². The zero-order chi connectivity index (χ0) is 23.2. The van der Waals surface area contributed by atoms with Crippen LogP contribution in [0.15, 0.2) is 58.4 Å². The molecule has 2 saturated heterocycles. The third-order valence-electron chi connectivity index (χ3n) is 5.22. The van der Waals surface area contributed by atoms with Crippen LogP contribution >= 0.6 is 11.8 Å². The van der Waals surface area contributed by atoms with Crippen LogP contribution in [-0.2, 0) is 19.1 Å². The van der Waals surface area contributed by atoms with E-state index in [1.54, 1.807) is 24.1 Å². The van der Waals surface area contributed by atoms with Crippen LogP contribution in [0.1, 0.15) is 5.56 Å². The first-order valence-corrected chi connectivity index (χ1v) is 11.3. The van der Waals surface area contributed by atoms with E-state index in [9.17, 15) is 9.59 Å². The van der Waals surface area contributed by atoms with Crippen molar-refractivity contribution in [2.24, 2.45) is 4.99 Å². The molecule has 0 atom stereocenters. The normalized spacial score (nSPS) is 18.8. The van der Waals surface area contributed by atoms with Crippen LogP contribution in [0.5, 0.6) is 5.75 Å². The molecule has 0 radical (unpaired) electrons. The van der Waals surface area contributed by atoms with Gasteiger partial charge < -0.3 is 19.1 Å². The molecule has 4 rings (SSSR count). The number of thioether (sulfide) groups is 1. The van der Waals surface area contributed by atoms with E-state index in [0.29, 0.717) is 15.8 Å². The van der Waals surface area contributed by atoms with Crippen LogP contribution in [0.2, 0.25) is 0 Å². The molecule has 33 heavy (non-hydrogen) atoms. The molecule has 0 N–H and O–H groups in total. The number of likely N-dealkylation sites (N-methyl/N-ethyl adjacent to an activating group) is 1. The van der Waals surface area contributed by atoms with Crippen LogP contribution in [-0.4, -0.2) is 69.0 Å². The zero-order valence-corrected chi connectivity index (χ0v) is 19.3. The van der Waals surface area contributed by atoms with Crippen molar-refractivity contribution in [2.45, 2.75) is 0 Å². The van der Waals surface area contributed by atoms with Gasteiger partial charge in [-0.3, -0.25) is 9.69 Å². The van der Waals surface area contributed by atoms with Crippen molar-refractivity contribution in [3.8, 4) is 5.75 Å². The Morgan fingerprint density at radius 2 is 1.82 bits per heavy atom. The molecule has 2 aliphatic heterocycles. The number of benzene rings is 2. The molecule has 2 aromatic rings. The number of ether oxygens (including phenoxy) is 3. The SMILES string of the molecule is COC(=O)COc1ccc(/C=C2\SC(=Nc3ccc(N4CCOCC4)cc3)N(C)C2=O)cc1. The van der Waals surface area contributed by atoms with E-state index in [4.69, 9.17) is 9.47 Å². The fraction of sp³-hybridized carbons (Fsp3) is 0.292. The maximum Gasteiger partial charge on any atom is 0.343 e. The second kappa shape index (κ2) is 10.5. The third-order valence-corrected chi connectivity index (χ3v) is 6.28. The lowest BCUT2D eigenvalue weighted by molar-refractivity contribution is -0.142. The number of aliphatic imine (C=N–C) groups is 1. The highest BCUT2D eigenvalue weighted by Gasteiger charge is 2.30. The number of anilines is 1. The van der Waals surface area contributed by atoms with E-state index in [1.165, 1.54) is 18.9 Å². The number of carbonyl (C=O) groups excluding carboxylic acids is 2. The second-order valence-electron chi connectivity index (χ2n) is 7.42. The Bertz CT molecular complexity index is 1060. The summed E-state index contributed by atoms with van der Waals surface area (Å²) >= 11 is 1.34. The molecule has 9 heteroatoms. The van der Waals surface area contributed by atoms with Crippen molar-refractivity contribution in [3.63, 3.8) is 0 Å². The second-order valence-corrected chi connectivity index (χ2v) is 8.43. The van der Waals surface area contributed by atoms with E-state index < -0.39 is 5.97 Å². The number of rotatable bonds is 6. The van der Waals surface area contributed by atoms with Crippen molar-refractivity contribution in [2.75, 3.05) is 52.0 Å². The molecular weight excluding hydrogens is 442 g/mol. The van der Waals surface area contributed by atoms with Gasteiger partial charge in [-0.1, -0.05) is 12.1 Å². The fourth-order valence-corrected chi connectivity index (χ4v) is 4.32. The summed E-state index contributed by atoms with van der Waals surface area (Å²) in [5, 5.41) is 0.628. The minimum atomic E-state index is -0.445. The van der Waals surface area contributed by atoms with E-state index in [0.717, 1.165) is 43.2 Å². The van der Waals surface area contributed by atoms with Gasteiger partial charge in [0, 0.05) is 25.8 Å². The number of amidine groups is 1. The molecule has 0 spiro atoms. The van der Waals surface area contributed by atoms with Crippen molar-refractivity contribution < 1.29 is 23.8 Å². The molecule has 2 fully saturated rings. The fourth-order valence-electron chi connectivity index (χ4n) is 3.33. The minimum absolute atomic E-state index is 0.102. The monoisotopic (exact) mass is 467 g/mol. The highest BCUT2D eigenvalue weighted by atomic mass is 32.2. The molecule has 2 aromatic carbocycles. The smallest absolute Gasteiger partial charge is 0.343 e. The number of amides is 1. The standard InChI is InChI=1S/C24H25N3O5S/c1-26-23(29)21(15-17-3-9-20(10-4-17)32-16-22(28)30-2)33-24(26)25-18-5-7-19(8-6-18)27-11-13-31-14-12-27/h3-10,15H,11-14,16H2,1-2H3/b21-15-,25-24?. The van der Waals surface area contributed by atoms with Crippen LogP contribution < -0.4 is 9.64 Å². The first-order chi connectivity index (χ1) is 16.0. The number of carbonyl (C=O) groups is 2. The molecule has 2 heterocycles. The van der Waals surface area contributed by atoms with Gasteiger partial charge in [0.15, 0.2) is 11.8 Å².